The van der Waals surface area contributed by atoms with Gasteiger partial charge < -0.3 is 5.32 Å². The normalized spacial score (nSPS) is 16.8. The van der Waals surface area contributed by atoms with Crippen molar-refractivity contribution in [3.63, 3.8) is 0 Å². The number of hydrogen-bond acceptors (Lipinski definition) is 2. The van der Waals surface area contributed by atoms with Gasteiger partial charge in [-0.2, -0.15) is 0 Å². The number of pyridine rings is 1. The van der Waals surface area contributed by atoms with Crippen molar-refractivity contribution in [2.45, 2.75) is 38.6 Å². The Morgan fingerprint density at radius 3 is 2.94 bits per heavy atom. The molecule has 0 spiro atoms. The monoisotopic (exact) mass is 238 g/mol. The second kappa shape index (κ2) is 6.21. The average molecular weight is 239 g/mol. The van der Waals surface area contributed by atoms with Gasteiger partial charge in [0.1, 0.15) is 0 Å². The Bertz CT molecular complexity index is 321. The molecule has 1 heterocycles. The van der Waals surface area contributed by atoms with Gasteiger partial charge in [-0.3, -0.25) is 4.98 Å². The van der Waals surface area contributed by atoms with Gasteiger partial charge in [0.2, 0.25) is 0 Å². The molecular weight excluding hydrogens is 220 g/mol. The third-order valence-corrected chi connectivity index (χ3v) is 3.72. The van der Waals surface area contributed by atoms with Crippen molar-refractivity contribution in [3.8, 4) is 0 Å². The molecule has 1 N–H and O–H groups in total. The van der Waals surface area contributed by atoms with Crippen LogP contribution < -0.4 is 5.32 Å². The molecule has 3 heteroatoms. The molecule has 16 heavy (non-hydrogen) atoms. The molecule has 1 aromatic rings. The van der Waals surface area contributed by atoms with Crippen LogP contribution in [0.3, 0.4) is 0 Å². The summed E-state index contributed by atoms with van der Waals surface area (Å²) >= 11 is 6.03. The lowest BCUT2D eigenvalue weighted by Crippen LogP contribution is -2.17. The van der Waals surface area contributed by atoms with E-state index >= 15 is 0 Å². The maximum atomic E-state index is 6.03. The molecule has 0 aromatic carbocycles. The Kier molecular flexibility index (Phi) is 4.61. The zero-order chi connectivity index (χ0) is 11.2. The molecule has 0 atom stereocenters. The first-order chi connectivity index (χ1) is 7.86. The number of aromatic nitrogens is 1. The highest BCUT2D eigenvalue weighted by Crippen LogP contribution is 2.26. The first-order valence-corrected chi connectivity index (χ1v) is 6.53. The van der Waals surface area contributed by atoms with Gasteiger partial charge in [0.25, 0.3) is 0 Å². The Labute approximate surface area is 102 Å². The highest BCUT2D eigenvalue weighted by Gasteiger charge is 2.13. The molecule has 2 rings (SSSR count). The van der Waals surface area contributed by atoms with Crippen molar-refractivity contribution >= 4 is 11.6 Å². The minimum Gasteiger partial charge on any atom is -0.313 e. The van der Waals surface area contributed by atoms with Crippen LogP contribution >= 0.6 is 11.6 Å². The van der Waals surface area contributed by atoms with E-state index in [1.807, 2.05) is 6.07 Å². The molecule has 1 aromatic heterocycles. The fraction of sp³-hybridized carbons (Fsp3) is 0.615. The largest absolute Gasteiger partial charge is 0.313 e. The lowest BCUT2D eigenvalue weighted by atomic mass is 10.0. The quantitative estimate of drug-likeness (QED) is 0.796. The first-order valence-electron chi connectivity index (χ1n) is 6.15. The molecule has 0 bridgehead atoms. The molecule has 0 radical (unpaired) electrons. The van der Waals surface area contributed by atoms with E-state index in [0.717, 1.165) is 29.6 Å². The zero-order valence-electron chi connectivity index (χ0n) is 9.58. The Morgan fingerprint density at radius 2 is 2.19 bits per heavy atom. The van der Waals surface area contributed by atoms with Crippen molar-refractivity contribution in [2.75, 3.05) is 6.54 Å². The number of nitrogens with zero attached hydrogens (tertiary/aromatic N) is 1. The van der Waals surface area contributed by atoms with Crippen LogP contribution in [0.5, 0.6) is 0 Å². The maximum absolute atomic E-state index is 6.03. The summed E-state index contributed by atoms with van der Waals surface area (Å²) in [6, 6.07) is 1.98. The lowest BCUT2D eigenvalue weighted by molar-refractivity contribution is 0.477. The third kappa shape index (κ3) is 3.46. The van der Waals surface area contributed by atoms with Crippen molar-refractivity contribution < 1.29 is 0 Å². The molecule has 0 aliphatic heterocycles. The summed E-state index contributed by atoms with van der Waals surface area (Å²) in [7, 11) is 0. The zero-order valence-corrected chi connectivity index (χ0v) is 10.3. The summed E-state index contributed by atoms with van der Waals surface area (Å²) in [4.78, 5) is 3.98. The van der Waals surface area contributed by atoms with Crippen LogP contribution in [0.1, 0.15) is 37.7 Å². The van der Waals surface area contributed by atoms with E-state index < -0.39 is 0 Å². The van der Waals surface area contributed by atoms with Gasteiger partial charge in [-0.15, -0.1) is 0 Å². The van der Waals surface area contributed by atoms with Gasteiger partial charge in [0.05, 0.1) is 5.02 Å². The van der Waals surface area contributed by atoms with Gasteiger partial charge in [-0.05, 0) is 30.5 Å². The summed E-state index contributed by atoms with van der Waals surface area (Å²) < 4.78 is 0. The number of rotatable bonds is 5. The summed E-state index contributed by atoms with van der Waals surface area (Å²) in [5.41, 5.74) is 1.14. The minimum absolute atomic E-state index is 0.760. The molecule has 1 aliphatic carbocycles. The van der Waals surface area contributed by atoms with Crippen LogP contribution in [0.25, 0.3) is 0 Å². The van der Waals surface area contributed by atoms with Crippen LogP contribution in [0, 0.1) is 5.92 Å². The smallest absolute Gasteiger partial charge is 0.0634 e. The molecule has 2 nitrogen and oxygen atoms in total. The second-order valence-electron chi connectivity index (χ2n) is 4.58. The predicted molar refractivity (Wildman–Crippen MR) is 67.5 cm³/mol. The minimum atomic E-state index is 0.760. The topological polar surface area (TPSA) is 24.9 Å². The molecule has 0 unspecified atom stereocenters. The molecular formula is C13H19ClN2. The third-order valence-electron chi connectivity index (χ3n) is 3.38. The standard InChI is InChI=1S/C13H19ClN2/c14-13-10-16-8-6-12(13)9-15-7-5-11-3-1-2-4-11/h6,8,10-11,15H,1-5,7,9H2. The molecule has 1 aliphatic rings. The maximum Gasteiger partial charge on any atom is 0.0634 e. The van der Waals surface area contributed by atoms with Crippen LogP contribution in [0.4, 0.5) is 0 Å². The Balaban J connectivity index is 1.66. The van der Waals surface area contributed by atoms with Crippen LogP contribution in [-0.2, 0) is 6.54 Å². The van der Waals surface area contributed by atoms with E-state index in [9.17, 15) is 0 Å². The lowest BCUT2D eigenvalue weighted by Gasteiger charge is -2.10. The van der Waals surface area contributed by atoms with Gasteiger partial charge in [-0.1, -0.05) is 37.3 Å². The van der Waals surface area contributed by atoms with Crippen molar-refractivity contribution in [3.05, 3.63) is 29.0 Å². The summed E-state index contributed by atoms with van der Waals surface area (Å²) in [5.74, 6) is 0.959. The number of halogens is 1. The second-order valence-corrected chi connectivity index (χ2v) is 4.99. The first kappa shape index (κ1) is 11.9. The van der Waals surface area contributed by atoms with Crippen molar-refractivity contribution in [2.24, 2.45) is 5.92 Å². The summed E-state index contributed by atoms with van der Waals surface area (Å²) in [5, 5.41) is 4.22. The Morgan fingerprint density at radius 1 is 1.38 bits per heavy atom. The van der Waals surface area contributed by atoms with E-state index in [2.05, 4.69) is 10.3 Å². The molecule has 1 fully saturated rings. The Hall–Kier alpha value is -0.600. The van der Waals surface area contributed by atoms with Crippen molar-refractivity contribution in [1.29, 1.82) is 0 Å². The van der Waals surface area contributed by atoms with E-state index in [-0.39, 0.29) is 0 Å². The van der Waals surface area contributed by atoms with Crippen molar-refractivity contribution in [1.82, 2.24) is 10.3 Å². The van der Waals surface area contributed by atoms with E-state index in [1.165, 1.54) is 32.1 Å². The molecule has 0 saturated heterocycles. The SMILES string of the molecule is Clc1cnccc1CNCCC1CCCC1. The highest BCUT2D eigenvalue weighted by molar-refractivity contribution is 6.31. The number of nitrogens with one attached hydrogen (secondary N) is 1. The van der Waals surface area contributed by atoms with Crippen LogP contribution in [0.15, 0.2) is 18.5 Å². The molecule has 1 saturated carbocycles. The molecule has 88 valence electrons. The van der Waals surface area contributed by atoms with Crippen LogP contribution in [0.2, 0.25) is 5.02 Å². The average Bonchev–Trinajstić information content (AvgIpc) is 2.79. The molecule has 0 amide bonds. The summed E-state index contributed by atoms with van der Waals surface area (Å²) in [6.07, 6.45) is 10.5. The fourth-order valence-corrected chi connectivity index (χ4v) is 2.56. The van der Waals surface area contributed by atoms with E-state index in [4.69, 9.17) is 11.6 Å². The van der Waals surface area contributed by atoms with E-state index in [1.54, 1.807) is 12.4 Å². The van der Waals surface area contributed by atoms with Crippen LogP contribution in [-0.4, -0.2) is 11.5 Å². The highest BCUT2D eigenvalue weighted by atomic mass is 35.5. The fourth-order valence-electron chi connectivity index (χ4n) is 2.38. The van der Waals surface area contributed by atoms with Gasteiger partial charge in [0.15, 0.2) is 0 Å². The predicted octanol–water partition coefficient (Wildman–Crippen LogP) is 3.40. The van der Waals surface area contributed by atoms with Gasteiger partial charge in [0, 0.05) is 18.9 Å². The number of hydrogen-bond donors (Lipinski definition) is 1. The summed E-state index contributed by atoms with van der Waals surface area (Å²) in [6.45, 7) is 1.96. The van der Waals surface area contributed by atoms with Gasteiger partial charge >= 0.3 is 0 Å². The van der Waals surface area contributed by atoms with Gasteiger partial charge in [-0.25, -0.2) is 0 Å². The van der Waals surface area contributed by atoms with E-state index in [0.29, 0.717) is 0 Å².